The molecule has 3 aromatic rings. The van der Waals surface area contributed by atoms with Crippen molar-refractivity contribution in [3.63, 3.8) is 0 Å². The molecule has 1 heterocycles. The van der Waals surface area contributed by atoms with E-state index < -0.39 is 11.4 Å². The molecule has 1 N–H and O–H groups in total. The molecular formula is C19H14FN3O2S. The minimum absolute atomic E-state index is 0.000906. The number of hydrogen-bond acceptors (Lipinski definition) is 4. The molecule has 2 aromatic carbocycles. The molecule has 3 rings (SSSR count). The van der Waals surface area contributed by atoms with Gasteiger partial charge in [-0.3, -0.25) is 14.2 Å². The van der Waals surface area contributed by atoms with Crippen molar-refractivity contribution >= 4 is 28.6 Å². The molecule has 26 heavy (non-hydrogen) atoms. The van der Waals surface area contributed by atoms with Crippen LogP contribution in [0.5, 0.6) is 0 Å². The van der Waals surface area contributed by atoms with E-state index in [1.54, 1.807) is 36.4 Å². The Kier molecular flexibility index (Phi) is 5.34. The number of amides is 1. The molecule has 0 aliphatic rings. The van der Waals surface area contributed by atoms with Crippen LogP contribution < -0.4 is 10.9 Å². The van der Waals surface area contributed by atoms with Gasteiger partial charge in [-0.25, -0.2) is 9.37 Å². The third kappa shape index (κ3) is 3.60. The van der Waals surface area contributed by atoms with Gasteiger partial charge in [-0.1, -0.05) is 41.9 Å². The zero-order valence-electron chi connectivity index (χ0n) is 13.6. The molecule has 0 aliphatic carbocycles. The number of hydrogen-bond donors (Lipinski definition) is 1. The molecule has 1 amide bonds. The highest BCUT2D eigenvalue weighted by molar-refractivity contribution is 7.99. The number of benzene rings is 2. The fourth-order valence-corrected chi connectivity index (χ4v) is 3.22. The maximum atomic E-state index is 14.3. The number of nitrogens with one attached hydrogen (secondary N) is 1. The number of carbonyl (C=O) groups is 1. The quantitative estimate of drug-likeness (QED) is 0.427. The average Bonchev–Trinajstić information content (AvgIpc) is 2.66. The lowest BCUT2D eigenvalue weighted by molar-refractivity contribution is -0.118. The van der Waals surface area contributed by atoms with Gasteiger partial charge in [0.15, 0.2) is 5.16 Å². The summed E-state index contributed by atoms with van der Waals surface area (Å²) < 4.78 is 15.5. The number of aromatic nitrogens is 2. The lowest BCUT2D eigenvalue weighted by atomic mass is 10.2. The second-order valence-electron chi connectivity index (χ2n) is 5.27. The Morgan fingerprint density at radius 3 is 2.73 bits per heavy atom. The van der Waals surface area contributed by atoms with Crippen molar-refractivity contribution in [2.75, 3.05) is 12.3 Å². The van der Waals surface area contributed by atoms with Gasteiger partial charge in [-0.05, 0) is 24.3 Å². The Bertz CT molecular complexity index is 1070. The molecule has 0 spiro atoms. The highest BCUT2D eigenvalue weighted by Crippen LogP contribution is 2.22. The first-order valence-corrected chi connectivity index (χ1v) is 8.70. The zero-order valence-corrected chi connectivity index (χ0v) is 14.4. The highest BCUT2D eigenvalue weighted by Gasteiger charge is 2.16. The van der Waals surface area contributed by atoms with Crippen LogP contribution in [0.1, 0.15) is 0 Å². The van der Waals surface area contributed by atoms with Gasteiger partial charge in [-0.15, -0.1) is 6.42 Å². The van der Waals surface area contributed by atoms with Crippen molar-refractivity contribution in [1.29, 1.82) is 0 Å². The van der Waals surface area contributed by atoms with Crippen molar-refractivity contribution < 1.29 is 9.18 Å². The Morgan fingerprint density at radius 1 is 1.23 bits per heavy atom. The molecule has 0 unspecified atom stereocenters. The van der Waals surface area contributed by atoms with E-state index in [9.17, 15) is 14.0 Å². The smallest absolute Gasteiger partial charge is 0.266 e. The summed E-state index contributed by atoms with van der Waals surface area (Å²) in [7, 11) is 0. The first-order valence-electron chi connectivity index (χ1n) is 7.71. The number of terminal acetylenes is 1. The van der Waals surface area contributed by atoms with E-state index in [0.29, 0.717) is 10.9 Å². The van der Waals surface area contributed by atoms with Crippen LogP contribution in [-0.2, 0) is 4.79 Å². The molecule has 130 valence electrons. The lowest BCUT2D eigenvalue weighted by Crippen LogP contribution is -2.27. The van der Waals surface area contributed by atoms with Crippen LogP contribution in [0.2, 0.25) is 0 Å². The van der Waals surface area contributed by atoms with Gasteiger partial charge in [0.1, 0.15) is 5.82 Å². The first-order chi connectivity index (χ1) is 12.6. The van der Waals surface area contributed by atoms with Crippen molar-refractivity contribution in [1.82, 2.24) is 14.9 Å². The summed E-state index contributed by atoms with van der Waals surface area (Å²) in [5.74, 6) is 1.47. The fraction of sp³-hybridized carbons (Fsp3) is 0.105. The summed E-state index contributed by atoms with van der Waals surface area (Å²) in [6.45, 7) is 0.116. The van der Waals surface area contributed by atoms with Gasteiger partial charge in [0.05, 0.1) is 28.9 Å². The number of rotatable bonds is 5. The van der Waals surface area contributed by atoms with E-state index in [1.807, 2.05) is 0 Å². The van der Waals surface area contributed by atoms with Crippen LogP contribution in [0, 0.1) is 18.2 Å². The first kappa shape index (κ1) is 17.7. The van der Waals surface area contributed by atoms with Crippen LogP contribution in [0.25, 0.3) is 16.6 Å². The second-order valence-corrected chi connectivity index (χ2v) is 6.22. The summed E-state index contributed by atoms with van der Waals surface area (Å²) in [4.78, 5) is 29.2. The number of fused-ring (bicyclic) bond motifs is 1. The van der Waals surface area contributed by atoms with Gasteiger partial charge in [0, 0.05) is 0 Å². The largest absolute Gasteiger partial charge is 0.344 e. The molecular weight excluding hydrogens is 353 g/mol. The predicted octanol–water partition coefficient (Wildman–Crippen LogP) is 2.37. The van der Waals surface area contributed by atoms with Crippen LogP contribution in [0.3, 0.4) is 0 Å². The SMILES string of the molecule is C#CCNC(=O)CSc1nc2ccccc2c(=O)n1-c1ccccc1F. The molecule has 0 radical (unpaired) electrons. The van der Waals surface area contributed by atoms with Gasteiger partial charge < -0.3 is 5.32 Å². The van der Waals surface area contributed by atoms with Crippen molar-refractivity contribution in [2.45, 2.75) is 5.16 Å². The van der Waals surface area contributed by atoms with E-state index >= 15 is 0 Å². The summed E-state index contributed by atoms with van der Waals surface area (Å²) in [6.07, 6.45) is 5.11. The van der Waals surface area contributed by atoms with Crippen molar-refractivity contribution in [3.05, 3.63) is 64.7 Å². The second kappa shape index (κ2) is 7.85. The molecule has 5 nitrogen and oxygen atoms in total. The van der Waals surface area contributed by atoms with Crippen LogP contribution >= 0.6 is 11.8 Å². The van der Waals surface area contributed by atoms with Crippen LogP contribution in [0.4, 0.5) is 4.39 Å². The summed E-state index contributed by atoms with van der Waals surface area (Å²) in [5.41, 5.74) is 0.172. The average molecular weight is 367 g/mol. The van der Waals surface area contributed by atoms with Gasteiger partial charge in [0.25, 0.3) is 5.56 Å². The third-order valence-electron chi connectivity index (χ3n) is 3.56. The molecule has 0 saturated carbocycles. The molecule has 0 saturated heterocycles. The summed E-state index contributed by atoms with van der Waals surface area (Å²) in [5, 5.41) is 3.14. The number of carbonyl (C=O) groups excluding carboxylic acids is 1. The monoisotopic (exact) mass is 367 g/mol. The van der Waals surface area contributed by atoms with E-state index in [-0.39, 0.29) is 29.0 Å². The maximum Gasteiger partial charge on any atom is 0.266 e. The van der Waals surface area contributed by atoms with Crippen LogP contribution in [-0.4, -0.2) is 27.8 Å². The summed E-state index contributed by atoms with van der Waals surface area (Å²) in [6, 6.07) is 12.8. The fourth-order valence-electron chi connectivity index (χ4n) is 2.39. The zero-order chi connectivity index (χ0) is 18.5. The minimum Gasteiger partial charge on any atom is -0.344 e. The molecule has 0 atom stereocenters. The maximum absolute atomic E-state index is 14.3. The number of para-hydroxylation sites is 2. The van der Waals surface area contributed by atoms with Gasteiger partial charge >= 0.3 is 0 Å². The Balaban J connectivity index is 2.10. The normalized spacial score (nSPS) is 10.5. The Hall–Kier alpha value is -3.11. The van der Waals surface area contributed by atoms with E-state index in [2.05, 4.69) is 16.2 Å². The topological polar surface area (TPSA) is 64.0 Å². The molecule has 1 aromatic heterocycles. The Labute approximate surface area is 153 Å². The standard InChI is InChI=1S/C19H14FN3O2S/c1-2-11-21-17(24)12-26-19-22-15-9-5-3-7-13(15)18(25)23(19)16-10-6-4-8-14(16)20/h1,3-10H,11-12H2,(H,21,24). The molecule has 0 aliphatic heterocycles. The van der Waals surface area contributed by atoms with Crippen molar-refractivity contribution in [2.24, 2.45) is 0 Å². The summed E-state index contributed by atoms with van der Waals surface area (Å²) >= 11 is 1.04. The molecule has 0 bridgehead atoms. The van der Waals surface area contributed by atoms with Crippen molar-refractivity contribution in [3.8, 4) is 18.0 Å². The van der Waals surface area contributed by atoms with E-state index in [1.165, 1.54) is 16.7 Å². The number of thioether (sulfide) groups is 1. The van der Waals surface area contributed by atoms with E-state index in [4.69, 9.17) is 6.42 Å². The lowest BCUT2D eigenvalue weighted by Gasteiger charge is -2.13. The minimum atomic E-state index is -0.551. The van der Waals surface area contributed by atoms with E-state index in [0.717, 1.165) is 11.8 Å². The van der Waals surface area contributed by atoms with Crippen LogP contribution in [0.15, 0.2) is 58.5 Å². The molecule has 0 fully saturated rings. The number of nitrogens with zero attached hydrogens (tertiary/aromatic N) is 2. The van der Waals surface area contributed by atoms with Gasteiger partial charge in [-0.2, -0.15) is 0 Å². The predicted molar refractivity (Wildman–Crippen MR) is 99.9 cm³/mol. The van der Waals surface area contributed by atoms with Gasteiger partial charge in [0.2, 0.25) is 5.91 Å². The highest BCUT2D eigenvalue weighted by atomic mass is 32.2. The Morgan fingerprint density at radius 2 is 1.96 bits per heavy atom. The molecule has 7 heteroatoms. The third-order valence-corrected chi connectivity index (χ3v) is 4.50. The number of halogens is 1.